The Kier molecular flexibility index (Phi) is 11.1. The highest BCUT2D eigenvalue weighted by molar-refractivity contribution is 7.91. The van der Waals surface area contributed by atoms with Crippen LogP contribution in [0.1, 0.15) is 86.0 Å². The molecule has 55 heavy (non-hydrogen) atoms. The lowest BCUT2D eigenvalue weighted by Crippen LogP contribution is -2.31. The molecule has 0 aliphatic heterocycles. The smallest absolute Gasteiger partial charge is 0.343 e. The van der Waals surface area contributed by atoms with Crippen molar-refractivity contribution >= 4 is 89.9 Å². The predicted molar refractivity (Wildman–Crippen MR) is 209 cm³/mol. The van der Waals surface area contributed by atoms with Gasteiger partial charge in [0, 0.05) is 13.8 Å². The van der Waals surface area contributed by atoms with Crippen molar-refractivity contribution in [1.29, 1.82) is 0 Å². The average molecular weight is 851 g/mol. The predicted octanol–water partition coefficient (Wildman–Crippen LogP) is 8.55. The second kappa shape index (κ2) is 15.2. The minimum absolute atomic E-state index is 0.120. The second-order valence-corrected chi connectivity index (χ2v) is 17.3. The van der Waals surface area contributed by atoms with Crippen LogP contribution in [-0.4, -0.2) is 68.8 Å². The van der Waals surface area contributed by atoms with Crippen molar-refractivity contribution in [3.63, 3.8) is 0 Å². The van der Waals surface area contributed by atoms with E-state index in [2.05, 4.69) is 9.97 Å². The molecule has 2 aromatic carbocycles. The molecule has 0 spiro atoms. The van der Waals surface area contributed by atoms with E-state index in [1.165, 1.54) is 47.2 Å². The van der Waals surface area contributed by atoms with Gasteiger partial charge in [0.15, 0.2) is 33.6 Å². The summed E-state index contributed by atoms with van der Waals surface area (Å²) in [6.45, 7) is 10.3. The maximum Gasteiger partial charge on any atom is 0.343 e. The first kappa shape index (κ1) is 40.1. The van der Waals surface area contributed by atoms with Crippen LogP contribution in [0, 0.1) is 34.1 Å². The van der Waals surface area contributed by atoms with Crippen molar-refractivity contribution in [3.8, 4) is 0 Å². The van der Waals surface area contributed by atoms with Gasteiger partial charge in [-0.15, -0.1) is 0 Å². The van der Waals surface area contributed by atoms with E-state index in [4.69, 9.17) is 66.3 Å². The fraction of sp³-hybridized carbons (Fsp3) is 0.353. The number of nitrogens with zero attached hydrogens (tertiary/aromatic N) is 10. The Hall–Kier alpha value is -4.55. The first-order valence-electron chi connectivity index (χ1n) is 16.7. The molecule has 0 fully saturated rings. The van der Waals surface area contributed by atoms with Crippen LogP contribution in [0.25, 0.3) is 22.1 Å². The molecule has 0 N–H and O–H groups in total. The van der Waals surface area contributed by atoms with Gasteiger partial charge in [-0.1, -0.05) is 74.1 Å². The molecular formula is C34H32Cl4N10O6S. The highest BCUT2D eigenvalue weighted by Gasteiger charge is 2.41. The van der Waals surface area contributed by atoms with Crippen LogP contribution in [0.4, 0.5) is 11.6 Å². The summed E-state index contributed by atoms with van der Waals surface area (Å²) in [7, 11) is -4.44. The number of hydrogen-bond donors (Lipinski definition) is 0. The third-order valence-electron chi connectivity index (χ3n) is 8.99. The Labute approximate surface area is 334 Å². The molecule has 6 aromatic rings. The Morgan fingerprint density at radius 1 is 0.600 bits per heavy atom. The van der Waals surface area contributed by atoms with E-state index in [0.29, 0.717) is 22.4 Å². The number of nitro groups is 2. The fourth-order valence-corrected chi connectivity index (χ4v) is 8.87. The second-order valence-electron chi connectivity index (χ2n) is 13.5. The lowest BCUT2D eigenvalue weighted by molar-refractivity contribution is -0.392. The van der Waals surface area contributed by atoms with Gasteiger partial charge in [0.05, 0.1) is 65.1 Å². The SMILES string of the molecule is Cc1ncc([N+](=O)[O-])n1C(CS(=O)(=O)CC(c1nc2cc(Cl)c(Cl)cc2nc1C(C)C)n1c([N+](=O)[O-])cnc1C)c1nc2cc(Cl)c(Cl)cc2nc1C(C)C. The number of hydrogen-bond acceptors (Lipinski definition) is 12. The highest BCUT2D eigenvalue weighted by atomic mass is 35.5. The van der Waals surface area contributed by atoms with Gasteiger partial charge in [0.25, 0.3) is 0 Å². The quantitative estimate of drug-likeness (QED) is 0.0838. The zero-order valence-electron chi connectivity index (χ0n) is 30.0. The number of halogens is 4. The number of aromatic nitrogens is 8. The van der Waals surface area contributed by atoms with Gasteiger partial charge in [0.1, 0.15) is 23.8 Å². The van der Waals surface area contributed by atoms with Crippen LogP contribution in [0.3, 0.4) is 0 Å². The van der Waals surface area contributed by atoms with Gasteiger partial charge in [-0.25, -0.2) is 47.5 Å². The molecule has 16 nitrogen and oxygen atoms in total. The van der Waals surface area contributed by atoms with E-state index in [1.807, 2.05) is 27.7 Å². The average Bonchev–Trinajstić information content (AvgIpc) is 3.68. The topological polar surface area (TPSA) is 208 Å². The zero-order chi connectivity index (χ0) is 40.3. The van der Waals surface area contributed by atoms with Crippen molar-refractivity contribution in [2.24, 2.45) is 0 Å². The Balaban J connectivity index is 1.60. The normalized spacial score (nSPS) is 13.3. The molecule has 6 rings (SSSR count). The summed E-state index contributed by atoms with van der Waals surface area (Å²) in [5.41, 5.74) is 2.23. The van der Waals surface area contributed by atoms with Gasteiger partial charge >= 0.3 is 11.6 Å². The number of rotatable bonds is 12. The Morgan fingerprint density at radius 2 is 0.891 bits per heavy atom. The van der Waals surface area contributed by atoms with Crippen LogP contribution in [0.5, 0.6) is 0 Å². The van der Waals surface area contributed by atoms with Crippen LogP contribution < -0.4 is 0 Å². The molecule has 21 heteroatoms. The van der Waals surface area contributed by atoms with E-state index in [0.717, 1.165) is 12.4 Å². The zero-order valence-corrected chi connectivity index (χ0v) is 33.9. The largest absolute Gasteiger partial charge is 0.358 e. The first-order chi connectivity index (χ1) is 25.8. The standard InChI is InChI=1S/C34H32Cl4N10O6S/c1-15(2)31-33(43-25-9-21(37)19(35)7-23(25)41-31)27(45-17(5)39-11-29(45)47(49)50)13-55(53,54)14-28(46-18(6)40-12-30(46)48(51)52)34-32(16(3)4)42-24-8-20(36)22(38)10-26(24)44-34/h7-12,15-16,27-28H,13-14H2,1-6H3. The van der Waals surface area contributed by atoms with Crippen molar-refractivity contribution in [2.45, 2.75) is 65.5 Å². The summed E-state index contributed by atoms with van der Waals surface area (Å²) in [5.74, 6) is -2.95. The Bertz CT molecular complexity index is 2480. The molecule has 0 saturated heterocycles. The van der Waals surface area contributed by atoms with Crippen LogP contribution in [0.15, 0.2) is 36.7 Å². The van der Waals surface area contributed by atoms with Gasteiger partial charge in [-0.2, -0.15) is 0 Å². The molecule has 0 aliphatic rings. The molecule has 2 unspecified atom stereocenters. The van der Waals surface area contributed by atoms with Gasteiger partial charge in [-0.3, -0.25) is 0 Å². The number of fused-ring (bicyclic) bond motifs is 2. The molecule has 0 radical (unpaired) electrons. The Morgan fingerprint density at radius 3 is 1.16 bits per heavy atom. The van der Waals surface area contributed by atoms with Crippen LogP contribution in [0.2, 0.25) is 20.1 Å². The molecule has 2 atom stereocenters. The first-order valence-corrected chi connectivity index (χ1v) is 20.0. The third-order valence-corrected chi connectivity index (χ3v) is 12.1. The summed E-state index contributed by atoms with van der Waals surface area (Å²) >= 11 is 25.3. The number of sulfone groups is 1. The summed E-state index contributed by atoms with van der Waals surface area (Å²) < 4.78 is 32.1. The van der Waals surface area contributed by atoms with E-state index in [1.54, 1.807) is 0 Å². The van der Waals surface area contributed by atoms with E-state index < -0.39 is 54.9 Å². The lowest BCUT2D eigenvalue weighted by Gasteiger charge is -2.23. The summed E-state index contributed by atoms with van der Waals surface area (Å²) in [6, 6.07) is 3.29. The molecule has 0 aliphatic carbocycles. The van der Waals surface area contributed by atoms with Gasteiger partial charge in [0.2, 0.25) is 0 Å². The molecule has 0 saturated carbocycles. The number of benzene rings is 2. The summed E-state index contributed by atoms with van der Waals surface area (Å²) in [5, 5.41) is 25.5. The van der Waals surface area contributed by atoms with E-state index in [-0.39, 0.29) is 66.0 Å². The van der Waals surface area contributed by atoms with Crippen molar-refractivity contribution < 1.29 is 18.3 Å². The van der Waals surface area contributed by atoms with Crippen LogP contribution >= 0.6 is 46.4 Å². The maximum absolute atomic E-state index is 14.9. The highest BCUT2D eigenvalue weighted by Crippen LogP contribution is 2.38. The van der Waals surface area contributed by atoms with E-state index in [9.17, 15) is 28.6 Å². The van der Waals surface area contributed by atoms with E-state index >= 15 is 0 Å². The minimum atomic E-state index is -4.44. The number of imidazole rings is 2. The molecule has 0 amide bonds. The lowest BCUT2D eigenvalue weighted by atomic mass is 10.0. The maximum atomic E-state index is 14.9. The minimum Gasteiger partial charge on any atom is -0.358 e. The molecule has 4 heterocycles. The summed E-state index contributed by atoms with van der Waals surface area (Å²) in [6.07, 6.45) is 2.07. The third kappa shape index (κ3) is 7.80. The molecular weight excluding hydrogens is 818 g/mol. The summed E-state index contributed by atoms with van der Waals surface area (Å²) in [4.78, 5) is 50.9. The van der Waals surface area contributed by atoms with Crippen molar-refractivity contribution in [2.75, 3.05) is 11.5 Å². The molecule has 0 bridgehead atoms. The van der Waals surface area contributed by atoms with Crippen LogP contribution in [-0.2, 0) is 9.84 Å². The van der Waals surface area contributed by atoms with Crippen molar-refractivity contribution in [1.82, 2.24) is 39.0 Å². The molecule has 288 valence electrons. The monoisotopic (exact) mass is 848 g/mol. The van der Waals surface area contributed by atoms with Gasteiger partial charge in [-0.05, 0) is 45.9 Å². The molecule has 4 aromatic heterocycles. The van der Waals surface area contributed by atoms with Crippen molar-refractivity contribution in [3.05, 3.63) is 111 Å². The fourth-order valence-electron chi connectivity index (χ4n) is 6.52. The number of aryl methyl sites for hydroxylation is 2. The van der Waals surface area contributed by atoms with Gasteiger partial charge < -0.3 is 20.2 Å².